The van der Waals surface area contributed by atoms with Gasteiger partial charge < -0.3 is 14.9 Å². The predicted octanol–water partition coefficient (Wildman–Crippen LogP) is 17.7. The summed E-state index contributed by atoms with van der Waals surface area (Å²) in [4.78, 5) is 0. The molecule has 0 bridgehead atoms. The van der Waals surface area contributed by atoms with Crippen LogP contribution in [0.1, 0.15) is 150 Å². The number of benzene rings is 4. The molecule has 0 saturated heterocycles. The zero-order valence-electron chi connectivity index (χ0n) is 38.3. The van der Waals surface area contributed by atoms with E-state index in [2.05, 4.69) is 145 Å². The summed E-state index contributed by atoms with van der Waals surface area (Å²) in [6.45, 7) is 16.7. The van der Waals surface area contributed by atoms with Crippen LogP contribution in [-0.4, -0.2) is 6.88 Å². The predicted molar refractivity (Wildman–Crippen MR) is 270 cm³/mol. The van der Waals surface area contributed by atoms with Crippen LogP contribution in [0.3, 0.4) is 0 Å². The third-order valence-electron chi connectivity index (χ3n) is 13.4. The molecular weight excluding hydrogens is 863 g/mol. The van der Waals surface area contributed by atoms with Gasteiger partial charge in [0.15, 0.2) is 0 Å². The van der Waals surface area contributed by atoms with Crippen molar-refractivity contribution in [3.63, 3.8) is 0 Å². The van der Waals surface area contributed by atoms with E-state index in [0.29, 0.717) is 11.8 Å². The van der Waals surface area contributed by atoms with Crippen LogP contribution >= 0.6 is 24.8 Å². The van der Waals surface area contributed by atoms with E-state index in [4.69, 9.17) is 0 Å². The second-order valence-electron chi connectivity index (χ2n) is 17.6. The van der Waals surface area contributed by atoms with Gasteiger partial charge in [0.1, 0.15) is 0 Å². The van der Waals surface area contributed by atoms with Crippen LogP contribution < -0.4 is 0 Å². The maximum atomic E-state index is 3.06. The van der Waals surface area contributed by atoms with Crippen LogP contribution in [0.4, 0.5) is 0 Å². The first-order valence-corrected chi connectivity index (χ1v) is 26.3. The molecule has 0 spiro atoms. The van der Waals surface area contributed by atoms with Crippen molar-refractivity contribution in [2.24, 2.45) is 11.8 Å². The van der Waals surface area contributed by atoms with Crippen LogP contribution in [0.5, 0.6) is 0 Å². The van der Waals surface area contributed by atoms with Gasteiger partial charge in [-0.1, -0.05) is 175 Å². The zero-order chi connectivity index (χ0) is 39.6. The standard InChI is InChI=1S/2C27H33.2CH3.2ClH.Si.Zr/c2*1-4-20(3)23-10-12-24(13-11-23)26-15-19(2)14-25-17-22(18-27(25)26)16-21-8-6-5-7-9-21;;;;;;/h2*10-15,17-18,20-21H,4-9,16H2,1-3H3;2*1H3;2*1H;;/q4*-1;;;;. The first-order valence-electron chi connectivity index (χ1n) is 22.1. The number of fused-ring (bicyclic) bond motifs is 2. The van der Waals surface area contributed by atoms with Crippen LogP contribution in [0.15, 0.2) is 97.1 Å². The van der Waals surface area contributed by atoms with Crippen molar-refractivity contribution >= 4 is 53.2 Å². The fraction of sp³-hybridized carbons (Fsp3) is 0.429. The van der Waals surface area contributed by atoms with Crippen molar-refractivity contribution in [2.75, 3.05) is 0 Å². The first kappa shape index (κ1) is 53.9. The van der Waals surface area contributed by atoms with Gasteiger partial charge in [0, 0.05) is 0 Å². The van der Waals surface area contributed by atoms with E-state index in [-0.39, 0.29) is 39.7 Å². The van der Waals surface area contributed by atoms with Gasteiger partial charge in [-0.05, 0) is 85.5 Å². The Hall–Kier alpha value is -2.22. The summed E-state index contributed by atoms with van der Waals surface area (Å²) in [5.41, 5.74) is 14.2. The molecule has 324 valence electrons. The van der Waals surface area contributed by atoms with E-state index in [1.165, 1.54) is 179 Å². The van der Waals surface area contributed by atoms with Crippen LogP contribution in [-0.2, 0) is 36.2 Å². The Kier molecular flexibility index (Phi) is 23.7. The van der Waals surface area contributed by atoms with Crippen molar-refractivity contribution in [3.8, 4) is 22.3 Å². The molecule has 2 aliphatic rings. The van der Waals surface area contributed by atoms with Crippen molar-refractivity contribution in [1.82, 2.24) is 0 Å². The fourth-order valence-electron chi connectivity index (χ4n) is 9.68. The molecule has 8 rings (SSSR count). The number of halogens is 2. The average molecular weight is 937 g/mol. The SMILES string of the molecule is CCC(C)c1ccc(-c2cc(C)cc3[cH-]c(CC4CCCCC4)cc23)cc1.CCC(C)c1ccc(-c2cc(C)cc3[cH-]c(CC4CCCCC4)cc23)cc1.Cl.Cl.[CH3-].[CH3-].[Si]=[Zr]. The summed E-state index contributed by atoms with van der Waals surface area (Å²) >= 11 is 1.36. The summed E-state index contributed by atoms with van der Waals surface area (Å²) in [6, 6.07) is 37.9. The Balaban J connectivity index is 0.000000373. The molecule has 0 N–H and O–H groups in total. The molecule has 2 atom stereocenters. The summed E-state index contributed by atoms with van der Waals surface area (Å²) in [7, 11) is 0. The topological polar surface area (TPSA) is 0 Å². The van der Waals surface area contributed by atoms with Crippen LogP contribution in [0.25, 0.3) is 43.8 Å². The molecule has 0 nitrogen and oxygen atoms in total. The summed E-state index contributed by atoms with van der Waals surface area (Å²) in [5, 5.41) is 5.70. The van der Waals surface area contributed by atoms with Crippen molar-refractivity contribution in [1.29, 1.82) is 0 Å². The van der Waals surface area contributed by atoms with Gasteiger partial charge in [0.05, 0.1) is 0 Å². The number of hydrogen-bond donors (Lipinski definition) is 0. The molecule has 4 heteroatoms. The molecule has 0 amide bonds. The van der Waals surface area contributed by atoms with Crippen molar-refractivity contribution < 1.29 is 23.3 Å². The normalized spacial score (nSPS) is 15.1. The fourth-order valence-corrected chi connectivity index (χ4v) is 9.68. The van der Waals surface area contributed by atoms with E-state index < -0.39 is 0 Å². The second kappa shape index (κ2) is 26.4. The maximum absolute atomic E-state index is 3.06. The van der Waals surface area contributed by atoms with E-state index in [1.54, 1.807) is 11.1 Å². The van der Waals surface area contributed by atoms with Gasteiger partial charge in [-0.3, -0.25) is 0 Å². The molecule has 0 heterocycles. The van der Waals surface area contributed by atoms with Crippen molar-refractivity contribution in [2.45, 2.75) is 143 Å². The first-order chi connectivity index (χ1) is 27.3. The summed E-state index contributed by atoms with van der Waals surface area (Å²) in [5.74, 6) is 3.07. The molecule has 2 fully saturated rings. The number of aryl methyl sites for hydroxylation is 2. The van der Waals surface area contributed by atoms with Gasteiger partial charge in [-0.25, -0.2) is 0 Å². The molecular formula is C56H74Cl2SiZr-4. The van der Waals surface area contributed by atoms with Gasteiger partial charge in [-0.15, -0.1) is 81.8 Å². The Morgan fingerprint density at radius 1 is 0.533 bits per heavy atom. The van der Waals surface area contributed by atoms with Crippen molar-refractivity contribution in [3.05, 3.63) is 145 Å². The summed E-state index contributed by atoms with van der Waals surface area (Å²) < 4.78 is 0. The van der Waals surface area contributed by atoms with E-state index in [0.717, 1.165) is 11.8 Å². The Morgan fingerprint density at radius 3 is 1.18 bits per heavy atom. The molecule has 2 unspecified atom stereocenters. The summed E-state index contributed by atoms with van der Waals surface area (Å²) in [6.07, 6.45) is 19.2. The Bertz CT molecular complexity index is 1970. The van der Waals surface area contributed by atoms with Gasteiger partial charge in [0.2, 0.25) is 0 Å². The molecule has 6 aromatic rings. The molecule has 2 aliphatic carbocycles. The third-order valence-corrected chi connectivity index (χ3v) is 13.4. The monoisotopic (exact) mass is 934 g/mol. The van der Waals surface area contributed by atoms with E-state index in [1.807, 2.05) is 0 Å². The zero-order valence-corrected chi connectivity index (χ0v) is 43.4. The molecule has 0 aliphatic heterocycles. The number of hydrogen-bond acceptors (Lipinski definition) is 0. The molecule has 60 heavy (non-hydrogen) atoms. The Morgan fingerprint density at radius 2 is 0.867 bits per heavy atom. The molecule has 2 saturated carbocycles. The minimum absolute atomic E-state index is 0. The van der Waals surface area contributed by atoms with Gasteiger partial charge in [-0.2, -0.15) is 12.1 Å². The molecule has 2 radical (unpaired) electrons. The third kappa shape index (κ3) is 13.9. The van der Waals surface area contributed by atoms with Gasteiger partial charge in [0.25, 0.3) is 0 Å². The van der Waals surface area contributed by atoms with Crippen LogP contribution in [0, 0.1) is 40.5 Å². The van der Waals surface area contributed by atoms with E-state index in [9.17, 15) is 0 Å². The van der Waals surface area contributed by atoms with Crippen LogP contribution in [0.2, 0.25) is 0 Å². The Labute approximate surface area is 396 Å². The van der Waals surface area contributed by atoms with Gasteiger partial charge >= 0.3 is 30.2 Å². The quantitative estimate of drug-likeness (QED) is 0.0948. The molecule has 0 aromatic heterocycles. The minimum atomic E-state index is 0. The number of rotatable bonds is 10. The molecule has 6 aromatic carbocycles. The average Bonchev–Trinajstić information content (AvgIpc) is 3.84. The second-order valence-corrected chi connectivity index (χ2v) is 17.6. The van der Waals surface area contributed by atoms with E-state index >= 15 is 0 Å².